The first-order valence-corrected chi connectivity index (χ1v) is 18.3. The number of aliphatic hydroxyl groups is 1. The second-order valence-corrected chi connectivity index (χ2v) is 16.2. The van der Waals surface area contributed by atoms with Crippen LogP contribution in [0.4, 0.5) is 9.59 Å². The van der Waals surface area contributed by atoms with Gasteiger partial charge in [-0.1, -0.05) is 48.5 Å². The van der Waals surface area contributed by atoms with Gasteiger partial charge < -0.3 is 50.1 Å². The molecule has 1 aliphatic carbocycles. The van der Waals surface area contributed by atoms with Crippen molar-refractivity contribution in [2.24, 2.45) is 0 Å². The van der Waals surface area contributed by atoms with E-state index >= 15 is 0 Å². The maximum Gasteiger partial charge on any atom is 0.408 e. The predicted octanol–water partition coefficient (Wildman–Crippen LogP) is 3.49. The Hall–Kier alpha value is -3.29. The minimum atomic E-state index is -5.63. The smallest absolute Gasteiger partial charge is 0.408 e. The number of hydrogen-bond donors (Lipinski definition) is 8. The third kappa shape index (κ3) is 10.3. The molecule has 1 atom stereocenters. The highest BCUT2D eigenvalue weighted by molar-refractivity contribution is 7.72. The SMILES string of the molecule is CC(C)(C)OC(=O)N[C@@H](CCCCNC(=O)OCC1c2ccccc2-c2ccccc21)C(=O)NCCCC(O)(P(=O)(O)O)P(=O)(O)O. The number of fused-ring (bicyclic) bond motifs is 3. The van der Waals surface area contributed by atoms with Gasteiger partial charge in [-0.15, -0.1) is 0 Å². The zero-order valence-corrected chi connectivity index (χ0v) is 28.2. The van der Waals surface area contributed by atoms with Crippen LogP contribution in [0.5, 0.6) is 0 Å². The van der Waals surface area contributed by atoms with E-state index in [1.54, 1.807) is 20.8 Å². The van der Waals surface area contributed by atoms with Gasteiger partial charge in [0.2, 0.25) is 5.91 Å². The van der Waals surface area contributed by atoms with Gasteiger partial charge in [0, 0.05) is 25.4 Å². The monoisotopic (exact) mass is 699 g/mol. The highest BCUT2D eigenvalue weighted by Gasteiger charge is 2.58. The molecular weight excluding hydrogens is 656 g/mol. The minimum Gasteiger partial charge on any atom is -0.449 e. The summed E-state index contributed by atoms with van der Waals surface area (Å²) in [6, 6.07) is 14.8. The zero-order chi connectivity index (χ0) is 35.0. The first-order valence-electron chi connectivity index (χ1n) is 15.0. The van der Waals surface area contributed by atoms with Crippen LogP contribution in [0, 0.1) is 0 Å². The lowest BCUT2D eigenvalue weighted by Crippen LogP contribution is -2.48. The lowest BCUT2D eigenvalue weighted by molar-refractivity contribution is -0.123. The number of alkyl carbamates (subject to hydrolysis) is 2. The molecular formula is C30H43N3O12P2. The van der Waals surface area contributed by atoms with Gasteiger partial charge in [0.1, 0.15) is 18.2 Å². The fourth-order valence-electron chi connectivity index (χ4n) is 5.15. The third-order valence-electron chi connectivity index (χ3n) is 7.46. The second-order valence-electron chi connectivity index (χ2n) is 12.2. The molecule has 0 bridgehead atoms. The van der Waals surface area contributed by atoms with Crippen LogP contribution in [0.15, 0.2) is 48.5 Å². The highest BCUT2D eigenvalue weighted by Crippen LogP contribution is 2.69. The average molecular weight is 700 g/mol. The molecule has 0 aliphatic heterocycles. The second kappa shape index (κ2) is 15.7. The number of amides is 3. The highest BCUT2D eigenvalue weighted by atomic mass is 31.2. The third-order valence-corrected chi connectivity index (χ3v) is 11.3. The van der Waals surface area contributed by atoms with Gasteiger partial charge in [0.25, 0.3) is 5.08 Å². The predicted molar refractivity (Wildman–Crippen MR) is 171 cm³/mol. The molecule has 0 heterocycles. The Morgan fingerprint density at radius 2 is 1.34 bits per heavy atom. The van der Waals surface area contributed by atoms with E-state index in [-0.39, 0.29) is 32.0 Å². The summed E-state index contributed by atoms with van der Waals surface area (Å²) in [4.78, 5) is 74.8. The summed E-state index contributed by atoms with van der Waals surface area (Å²) in [5.74, 6) is -0.787. The van der Waals surface area contributed by atoms with Crippen LogP contribution in [-0.2, 0) is 23.4 Å². The molecule has 17 heteroatoms. The number of carbonyl (C=O) groups is 3. The van der Waals surface area contributed by atoms with Crippen LogP contribution in [0.25, 0.3) is 11.1 Å². The summed E-state index contributed by atoms with van der Waals surface area (Å²) in [6.07, 6.45) is -1.97. The van der Waals surface area contributed by atoms with Gasteiger partial charge >= 0.3 is 27.4 Å². The van der Waals surface area contributed by atoms with Crippen molar-refractivity contribution >= 4 is 33.3 Å². The van der Waals surface area contributed by atoms with Gasteiger partial charge in [0.15, 0.2) is 0 Å². The molecule has 3 rings (SSSR count). The normalized spacial score (nSPS) is 14.0. The van der Waals surface area contributed by atoms with Gasteiger partial charge in [0.05, 0.1) is 0 Å². The first kappa shape index (κ1) is 38.2. The largest absolute Gasteiger partial charge is 0.449 e. The number of nitrogens with one attached hydrogen (secondary N) is 3. The van der Waals surface area contributed by atoms with E-state index in [1.807, 2.05) is 48.5 Å². The molecule has 0 fully saturated rings. The van der Waals surface area contributed by atoms with Gasteiger partial charge in [-0.25, -0.2) is 9.59 Å². The van der Waals surface area contributed by atoms with Gasteiger partial charge in [-0.3, -0.25) is 13.9 Å². The average Bonchev–Trinajstić information content (AvgIpc) is 3.28. The van der Waals surface area contributed by atoms with Gasteiger partial charge in [-0.05, 0) is 68.7 Å². The Bertz CT molecular complexity index is 1450. The van der Waals surface area contributed by atoms with Crippen molar-refractivity contribution in [2.45, 2.75) is 75.5 Å². The molecule has 2 aromatic carbocycles. The molecule has 47 heavy (non-hydrogen) atoms. The lowest BCUT2D eigenvalue weighted by Gasteiger charge is -2.29. The van der Waals surface area contributed by atoms with Crippen LogP contribution in [0.2, 0.25) is 0 Å². The van der Waals surface area contributed by atoms with Crippen molar-refractivity contribution < 1.29 is 57.7 Å². The first-order chi connectivity index (χ1) is 21.8. The van der Waals surface area contributed by atoms with Crippen molar-refractivity contribution in [2.75, 3.05) is 19.7 Å². The minimum absolute atomic E-state index is 0.0891. The molecule has 3 amide bonds. The van der Waals surface area contributed by atoms with Crippen molar-refractivity contribution in [3.63, 3.8) is 0 Å². The summed E-state index contributed by atoms with van der Waals surface area (Å²) < 4.78 is 33.8. The molecule has 0 saturated carbocycles. The number of benzene rings is 2. The molecule has 0 radical (unpaired) electrons. The quantitative estimate of drug-likeness (QED) is 0.0985. The summed E-state index contributed by atoms with van der Waals surface area (Å²) in [6.45, 7) is 4.97. The molecule has 1 aliphatic rings. The van der Waals surface area contributed by atoms with Crippen molar-refractivity contribution in [1.29, 1.82) is 0 Å². The number of hydrogen-bond acceptors (Lipinski definition) is 8. The Labute approximate surface area is 272 Å². The fraction of sp³-hybridized carbons (Fsp3) is 0.500. The molecule has 8 N–H and O–H groups in total. The lowest BCUT2D eigenvalue weighted by atomic mass is 9.98. The number of ether oxygens (including phenoxy) is 2. The molecule has 0 aromatic heterocycles. The van der Waals surface area contributed by atoms with Crippen molar-refractivity contribution in [3.05, 3.63) is 59.7 Å². The molecule has 0 unspecified atom stereocenters. The van der Waals surface area contributed by atoms with E-state index in [0.29, 0.717) is 12.8 Å². The van der Waals surface area contributed by atoms with Crippen molar-refractivity contribution in [1.82, 2.24) is 16.0 Å². The van der Waals surface area contributed by atoms with Crippen LogP contribution in [-0.4, -0.2) is 79.2 Å². The number of unbranched alkanes of at least 4 members (excludes halogenated alkanes) is 1. The fourth-order valence-corrected chi connectivity index (χ4v) is 7.41. The van der Waals surface area contributed by atoms with Crippen LogP contribution < -0.4 is 16.0 Å². The molecule has 0 spiro atoms. The van der Waals surface area contributed by atoms with E-state index < -0.39 is 62.9 Å². The molecule has 0 saturated heterocycles. The Morgan fingerprint density at radius 1 is 0.809 bits per heavy atom. The summed E-state index contributed by atoms with van der Waals surface area (Å²) >= 11 is 0. The Kier molecular flexibility index (Phi) is 12.8. The molecule has 2 aromatic rings. The van der Waals surface area contributed by atoms with E-state index in [1.165, 1.54) is 0 Å². The van der Waals surface area contributed by atoms with Gasteiger partial charge in [-0.2, -0.15) is 0 Å². The maximum atomic E-state index is 12.9. The topological polar surface area (TPSA) is 241 Å². The van der Waals surface area contributed by atoms with E-state index in [4.69, 9.17) is 9.47 Å². The van der Waals surface area contributed by atoms with E-state index in [2.05, 4.69) is 16.0 Å². The maximum absolute atomic E-state index is 12.9. The molecule has 260 valence electrons. The van der Waals surface area contributed by atoms with Crippen LogP contribution >= 0.6 is 15.2 Å². The van der Waals surface area contributed by atoms with Crippen molar-refractivity contribution in [3.8, 4) is 11.1 Å². The number of carbonyl (C=O) groups excluding carboxylic acids is 3. The van der Waals surface area contributed by atoms with Crippen LogP contribution in [0.1, 0.15) is 69.9 Å². The standard InChI is InChI=1S/C30H43N3O12P2/c1-29(2,3)45-28(36)33-25(26(34)31-18-10-16-30(37,46(38,39)40)47(41,42)43)15-8-9-17-32-27(35)44-19-24-22-13-6-4-11-20(22)21-12-5-7-14-23(21)24/h4-7,11-14,24-25,37H,8-10,15-19H2,1-3H3,(H,31,34)(H,32,35)(H,33,36)(H2,38,39,40)(H2,41,42,43)/t25-/m0/s1. The number of rotatable bonds is 15. The molecule has 15 nitrogen and oxygen atoms in total. The van der Waals surface area contributed by atoms with Crippen LogP contribution in [0.3, 0.4) is 0 Å². The summed E-state index contributed by atoms with van der Waals surface area (Å²) in [5, 5.41) is 14.0. The summed E-state index contributed by atoms with van der Waals surface area (Å²) in [7, 11) is -11.3. The van der Waals surface area contributed by atoms with E-state index in [0.717, 1.165) is 22.3 Å². The Morgan fingerprint density at radius 3 is 1.87 bits per heavy atom. The zero-order valence-electron chi connectivity index (χ0n) is 26.4. The summed E-state index contributed by atoms with van der Waals surface area (Å²) in [5.41, 5.74) is 3.54. The Balaban J connectivity index is 1.48. The van der Waals surface area contributed by atoms with E-state index in [9.17, 15) is 48.2 Å².